The molecule has 1 N–H and O–H groups in total. The molecule has 0 aromatic heterocycles. The third-order valence-electron chi connectivity index (χ3n) is 9.16. The van der Waals surface area contributed by atoms with Gasteiger partial charge in [-0.1, -0.05) is 31.2 Å². The number of rotatable bonds is 13. The summed E-state index contributed by atoms with van der Waals surface area (Å²) in [7, 11) is 0. The average molecular weight is 553 g/mol. The van der Waals surface area contributed by atoms with Gasteiger partial charge in [0.05, 0.1) is 18.1 Å². The van der Waals surface area contributed by atoms with E-state index in [1.807, 2.05) is 45.9 Å². The first-order valence-corrected chi connectivity index (χ1v) is 14.5. The lowest BCUT2D eigenvalue weighted by atomic mass is 9.62. The molecule has 8 heteroatoms. The number of aryl methyl sites for hydroxylation is 2. The number of aliphatic hydroxyl groups is 1. The summed E-state index contributed by atoms with van der Waals surface area (Å²) in [6.45, 7) is 16.3. The molecule has 1 aromatic carbocycles. The Kier molecular flexibility index (Phi) is 8.90. The number of esters is 1. The molecule has 2 amide bonds. The highest BCUT2D eigenvalue weighted by Crippen LogP contribution is 2.65. The third-order valence-corrected chi connectivity index (χ3v) is 9.16. The maximum atomic E-state index is 14.7. The summed E-state index contributed by atoms with van der Waals surface area (Å²) >= 11 is 0. The predicted octanol–water partition coefficient (Wildman–Crippen LogP) is 4.12. The van der Waals surface area contributed by atoms with Crippen molar-refractivity contribution in [1.29, 1.82) is 0 Å². The van der Waals surface area contributed by atoms with Crippen LogP contribution in [0.5, 0.6) is 0 Å². The van der Waals surface area contributed by atoms with Gasteiger partial charge in [-0.2, -0.15) is 0 Å². The molecule has 218 valence electrons. The largest absolute Gasteiger partial charge is 0.465 e. The van der Waals surface area contributed by atoms with E-state index >= 15 is 0 Å². The minimum absolute atomic E-state index is 0.0632. The van der Waals surface area contributed by atoms with Gasteiger partial charge in [0.2, 0.25) is 5.91 Å². The Bertz CT molecular complexity index is 1170. The van der Waals surface area contributed by atoms with Crippen LogP contribution in [0, 0.1) is 31.6 Å². The summed E-state index contributed by atoms with van der Waals surface area (Å²) in [5.41, 5.74) is 0.663. The fourth-order valence-electron chi connectivity index (χ4n) is 7.11. The summed E-state index contributed by atoms with van der Waals surface area (Å²) in [4.78, 5) is 45.8. The average Bonchev–Trinajstić information content (AvgIpc) is 3.43. The van der Waals surface area contributed by atoms with Crippen LogP contribution in [0.3, 0.4) is 0 Å². The van der Waals surface area contributed by atoms with E-state index in [1.54, 1.807) is 22.0 Å². The third kappa shape index (κ3) is 4.90. The van der Waals surface area contributed by atoms with Gasteiger partial charge >= 0.3 is 5.97 Å². The minimum Gasteiger partial charge on any atom is -0.465 e. The zero-order valence-corrected chi connectivity index (χ0v) is 24.4. The van der Waals surface area contributed by atoms with Gasteiger partial charge in [0.1, 0.15) is 17.6 Å². The van der Waals surface area contributed by atoms with Crippen LogP contribution in [0.2, 0.25) is 0 Å². The maximum absolute atomic E-state index is 14.7. The fourth-order valence-corrected chi connectivity index (χ4v) is 7.11. The van der Waals surface area contributed by atoms with Gasteiger partial charge in [-0.25, -0.2) is 0 Å². The van der Waals surface area contributed by atoms with Crippen molar-refractivity contribution in [3.05, 3.63) is 54.6 Å². The van der Waals surface area contributed by atoms with Crippen molar-refractivity contribution < 1.29 is 29.0 Å². The topological polar surface area (TPSA) is 96.4 Å². The number of carbonyl (C=O) groups excluding carboxylic acids is 3. The number of aliphatic hydroxyl groups excluding tert-OH is 1. The Morgan fingerprint density at radius 1 is 1.23 bits per heavy atom. The van der Waals surface area contributed by atoms with Gasteiger partial charge in [0.25, 0.3) is 5.91 Å². The van der Waals surface area contributed by atoms with Crippen LogP contribution in [-0.4, -0.2) is 71.3 Å². The molecule has 0 aliphatic carbocycles. The van der Waals surface area contributed by atoms with E-state index in [9.17, 15) is 19.5 Å². The summed E-state index contributed by atoms with van der Waals surface area (Å²) < 4.78 is 12.4. The summed E-state index contributed by atoms with van der Waals surface area (Å²) in [5.74, 6) is -2.60. The normalized spacial score (nSPS) is 30.3. The Morgan fingerprint density at radius 2 is 1.98 bits per heavy atom. The molecule has 2 bridgehead atoms. The molecule has 8 nitrogen and oxygen atoms in total. The number of anilines is 1. The number of likely N-dealkylation sites (tertiary alicyclic amines) is 1. The van der Waals surface area contributed by atoms with E-state index < -0.39 is 35.0 Å². The quantitative estimate of drug-likeness (QED) is 0.225. The summed E-state index contributed by atoms with van der Waals surface area (Å²) in [6, 6.07) is 5.07. The molecule has 40 heavy (non-hydrogen) atoms. The molecular weight excluding hydrogens is 508 g/mol. The first kappa shape index (κ1) is 30.0. The van der Waals surface area contributed by atoms with Gasteiger partial charge in [0.15, 0.2) is 0 Å². The van der Waals surface area contributed by atoms with E-state index in [1.165, 1.54) is 0 Å². The second-order valence-electron chi connectivity index (χ2n) is 11.8. The fraction of sp³-hybridized carbons (Fsp3) is 0.594. The van der Waals surface area contributed by atoms with Crippen LogP contribution in [0.1, 0.15) is 57.1 Å². The highest BCUT2D eigenvalue weighted by Gasteiger charge is 2.80. The van der Waals surface area contributed by atoms with Crippen molar-refractivity contribution >= 4 is 23.5 Å². The van der Waals surface area contributed by atoms with Crippen LogP contribution in [0.25, 0.3) is 0 Å². The lowest BCUT2D eigenvalue weighted by Crippen LogP contribution is -2.57. The number of hydrogen-bond acceptors (Lipinski definition) is 6. The van der Waals surface area contributed by atoms with E-state index in [-0.39, 0.29) is 37.5 Å². The Morgan fingerprint density at radius 3 is 2.65 bits per heavy atom. The minimum atomic E-state index is -1.14. The number of amides is 2. The monoisotopic (exact) mass is 552 g/mol. The lowest BCUT2D eigenvalue weighted by Gasteiger charge is -2.37. The van der Waals surface area contributed by atoms with Gasteiger partial charge in [-0.05, 0) is 76.0 Å². The van der Waals surface area contributed by atoms with E-state index in [0.717, 1.165) is 16.8 Å². The van der Waals surface area contributed by atoms with Crippen LogP contribution >= 0.6 is 0 Å². The zero-order valence-electron chi connectivity index (χ0n) is 24.4. The predicted molar refractivity (Wildman–Crippen MR) is 154 cm³/mol. The number of hydrogen-bond donors (Lipinski definition) is 1. The molecule has 3 aliphatic heterocycles. The number of nitrogens with zero attached hydrogens (tertiary/aromatic N) is 2. The summed E-state index contributed by atoms with van der Waals surface area (Å²) in [5, 5.41) is 9.29. The Balaban J connectivity index is 1.79. The molecule has 4 rings (SSSR count). The molecule has 1 aromatic rings. The molecule has 3 fully saturated rings. The van der Waals surface area contributed by atoms with Gasteiger partial charge in [-0.15, -0.1) is 13.2 Å². The highest BCUT2D eigenvalue weighted by molar-refractivity contribution is 6.05. The number of carbonyl (C=O) groups is 3. The van der Waals surface area contributed by atoms with Crippen LogP contribution in [0.15, 0.2) is 43.5 Å². The Labute approximate surface area is 238 Å². The first-order valence-electron chi connectivity index (χ1n) is 14.5. The van der Waals surface area contributed by atoms with Crippen LogP contribution in [-0.2, 0) is 23.9 Å². The lowest BCUT2D eigenvalue weighted by molar-refractivity contribution is -0.161. The van der Waals surface area contributed by atoms with Gasteiger partial charge in [0, 0.05) is 25.4 Å². The van der Waals surface area contributed by atoms with Gasteiger partial charge in [-0.3, -0.25) is 14.4 Å². The van der Waals surface area contributed by atoms with Crippen LogP contribution < -0.4 is 4.90 Å². The van der Waals surface area contributed by atoms with E-state index in [0.29, 0.717) is 38.6 Å². The maximum Gasteiger partial charge on any atom is 0.312 e. The number of fused-ring (bicyclic) bond motifs is 1. The molecule has 3 saturated heterocycles. The molecular formula is C32H44N2O6. The molecule has 3 heterocycles. The van der Waals surface area contributed by atoms with Crippen molar-refractivity contribution in [3.8, 4) is 0 Å². The van der Waals surface area contributed by atoms with Gasteiger partial charge < -0.3 is 24.4 Å². The van der Waals surface area contributed by atoms with Crippen molar-refractivity contribution in [3.63, 3.8) is 0 Å². The van der Waals surface area contributed by atoms with Crippen molar-refractivity contribution in [2.45, 2.75) is 77.0 Å². The Hall–Kier alpha value is -2.97. The molecule has 0 saturated carbocycles. The zero-order chi connectivity index (χ0) is 29.2. The smallest absolute Gasteiger partial charge is 0.312 e. The highest BCUT2D eigenvalue weighted by atomic mass is 16.6. The van der Waals surface area contributed by atoms with Crippen molar-refractivity contribution in [2.75, 3.05) is 31.2 Å². The van der Waals surface area contributed by atoms with E-state index in [2.05, 4.69) is 13.2 Å². The molecule has 6 atom stereocenters. The number of unbranched alkanes of at least 4 members (excludes halogenated alkanes) is 2. The molecule has 3 unspecified atom stereocenters. The standard InChI is InChI=1S/C32H44N2O6/c1-7-9-18-39-30(38)26-25-28(36)34(16-11-10-12-17-35)27(32(25)20-23(5)31(26,6)40-32)29(37)33(15-8-2)24-19-21(3)13-14-22(24)4/h7-8,13-14,19,23,25-27,35H,1-2,9-12,15-18,20H2,3-6H3/t23?,25-,26+,27?,31-,32?/m0/s1. The van der Waals surface area contributed by atoms with Crippen molar-refractivity contribution in [2.24, 2.45) is 17.8 Å². The molecule has 0 radical (unpaired) electrons. The second-order valence-corrected chi connectivity index (χ2v) is 11.8. The number of ether oxygens (including phenoxy) is 2. The van der Waals surface area contributed by atoms with E-state index in [4.69, 9.17) is 9.47 Å². The second kappa shape index (κ2) is 11.9. The SMILES string of the molecule is C=CCCOC(=O)[C@H]1[C@H]2C(=O)N(CCCCCO)C(C(=O)N(CC=C)c3cc(C)ccc3C)C23CC(C)[C@]1(C)O3. The number of benzene rings is 1. The molecule has 1 spiro atoms. The summed E-state index contributed by atoms with van der Waals surface area (Å²) in [6.07, 6.45) is 6.34. The van der Waals surface area contributed by atoms with Crippen LogP contribution in [0.4, 0.5) is 5.69 Å². The first-order chi connectivity index (χ1) is 19.1. The van der Waals surface area contributed by atoms with Crippen molar-refractivity contribution in [1.82, 2.24) is 4.90 Å². The molecule has 3 aliphatic rings.